The van der Waals surface area contributed by atoms with Gasteiger partial charge in [-0.15, -0.1) is 10.2 Å². The van der Waals surface area contributed by atoms with Crippen LogP contribution in [-0.2, 0) is 20.3 Å². The Balaban J connectivity index is 0.00000506. The zero-order valence-corrected chi connectivity index (χ0v) is 28.6. The first-order valence-corrected chi connectivity index (χ1v) is 15.6. The number of carbonyl (C=O) groups is 1. The van der Waals surface area contributed by atoms with Gasteiger partial charge in [-0.3, -0.25) is 4.79 Å². The summed E-state index contributed by atoms with van der Waals surface area (Å²) in [6.45, 7) is 10.0. The number of azo groups is 1. The minimum absolute atomic E-state index is 0. The van der Waals surface area contributed by atoms with Gasteiger partial charge in [0.25, 0.3) is 0 Å². The number of rotatable bonds is 10. The number of amides is 1. The number of hydrogen-bond donors (Lipinski definition) is 1. The summed E-state index contributed by atoms with van der Waals surface area (Å²) in [5.74, 6) is -0.571. The SMILES string of the molecule is CCN(CCCS(=O)(=O)[O-])c1ccc(N=Nc2c(C#N)c(C(C)(C)C)nn2-c2nc3ccccc3s2)c(NC(C)=O)c1.[Na+]. The van der Waals surface area contributed by atoms with Gasteiger partial charge in [-0.05, 0) is 43.7 Å². The van der Waals surface area contributed by atoms with Crippen molar-refractivity contribution in [3.63, 3.8) is 0 Å². The van der Waals surface area contributed by atoms with Gasteiger partial charge in [-0.1, -0.05) is 44.2 Å². The fourth-order valence-corrected chi connectivity index (χ4v) is 5.72. The first kappa shape index (κ1) is 34.3. The average molecular weight is 631 g/mol. The molecule has 2 heterocycles. The number of thiazole rings is 1. The molecular formula is C28H31N8NaO4S2. The molecule has 0 saturated carbocycles. The molecule has 0 unspecified atom stereocenters. The van der Waals surface area contributed by atoms with Crippen LogP contribution in [0.3, 0.4) is 0 Å². The van der Waals surface area contributed by atoms with E-state index in [4.69, 9.17) is 10.1 Å². The molecule has 43 heavy (non-hydrogen) atoms. The molecular weight excluding hydrogens is 599 g/mol. The van der Waals surface area contributed by atoms with Crippen LogP contribution in [0, 0.1) is 11.3 Å². The molecule has 0 atom stereocenters. The number of nitriles is 1. The zero-order chi connectivity index (χ0) is 30.7. The van der Waals surface area contributed by atoms with Crippen molar-refractivity contribution in [1.82, 2.24) is 14.8 Å². The number of benzene rings is 2. The quantitative estimate of drug-likeness (QED) is 0.158. The fraction of sp³-hybridized carbons (Fsp3) is 0.357. The maximum Gasteiger partial charge on any atom is 1.00 e. The van der Waals surface area contributed by atoms with Gasteiger partial charge >= 0.3 is 29.6 Å². The van der Waals surface area contributed by atoms with Gasteiger partial charge in [0, 0.05) is 36.9 Å². The van der Waals surface area contributed by atoms with Crippen molar-refractivity contribution in [2.24, 2.45) is 10.2 Å². The molecule has 12 nitrogen and oxygen atoms in total. The van der Waals surface area contributed by atoms with E-state index in [1.165, 1.54) is 22.9 Å². The second-order valence-electron chi connectivity index (χ2n) is 10.6. The molecule has 1 amide bonds. The Morgan fingerprint density at radius 3 is 2.53 bits per heavy atom. The van der Waals surface area contributed by atoms with Crippen LogP contribution in [0.5, 0.6) is 0 Å². The number of para-hydroxylation sites is 1. The smallest absolute Gasteiger partial charge is 0.748 e. The van der Waals surface area contributed by atoms with Crippen molar-refractivity contribution in [2.45, 2.75) is 46.5 Å². The molecule has 15 heteroatoms. The molecule has 0 aliphatic carbocycles. The fourth-order valence-electron chi connectivity index (χ4n) is 4.31. The molecule has 0 saturated heterocycles. The molecule has 0 radical (unpaired) electrons. The third-order valence-corrected chi connectivity index (χ3v) is 8.06. The van der Waals surface area contributed by atoms with Crippen molar-refractivity contribution in [1.29, 1.82) is 5.26 Å². The zero-order valence-electron chi connectivity index (χ0n) is 24.9. The van der Waals surface area contributed by atoms with Crippen LogP contribution >= 0.6 is 11.3 Å². The molecule has 4 rings (SSSR count). The number of anilines is 2. The predicted octanol–water partition coefficient (Wildman–Crippen LogP) is 2.79. The largest absolute Gasteiger partial charge is 1.00 e. The van der Waals surface area contributed by atoms with Gasteiger partial charge in [0.05, 0.1) is 31.7 Å². The molecule has 2 aromatic carbocycles. The maximum absolute atomic E-state index is 12.0. The number of nitrogens with zero attached hydrogens (tertiary/aromatic N) is 7. The maximum atomic E-state index is 12.0. The average Bonchev–Trinajstić information content (AvgIpc) is 3.50. The molecule has 220 valence electrons. The number of hydrogen-bond acceptors (Lipinski definition) is 11. The Bertz CT molecular complexity index is 1770. The van der Waals surface area contributed by atoms with Crippen LogP contribution in [0.1, 0.15) is 52.3 Å². The van der Waals surface area contributed by atoms with Gasteiger partial charge in [-0.2, -0.15) is 15.0 Å². The van der Waals surface area contributed by atoms with Crippen LogP contribution < -0.4 is 39.8 Å². The van der Waals surface area contributed by atoms with Crippen molar-refractivity contribution in [2.75, 3.05) is 29.1 Å². The molecule has 0 aliphatic rings. The second-order valence-corrected chi connectivity index (χ2v) is 13.1. The molecule has 0 spiro atoms. The van der Waals surface area contributed by atoms with Crippen LogP contribution in [0.15, 0.2) is 52.7 Å². The Labute approximate surface area is 276 Å². The summed E-state index contributed by atoms with van der Waals surface area (Å²) < 4.78 is 35.6. The minimum Gasteiger partial charge on any atom is -0.748 e. The number of nitrogens with one attached hydrogen (secondary N) is 1. The van der Waals surface area contributed by atoms with Gasteiger partial charge in [0.15, 0.2) is 5.82 Å². The molecule has 0 fully saturated rings. The topological polar surface area (TPSA) is 169 Å². The normalized spacial score (nSPS) is 11.8. The first-order valence-electron chi connectivity index (χ1n) is 13.2. The summed E-state index contributed by atoms with van der Waals surface area (Å²) in [7, 11) is -4.31. The van der Waals surface area contributed by atoms with Crippen LogP contribution in [0.25, 0.3) is 15.3 Å². The standard InChI is InChI=1S/C28H32N8O4S2.Na/c1-6-35(14-9-15-42(38,39)40)19-12-13-21(23(16-19)30-18(2)37)32-33-26-20(17-29)25(28(3,4)5)34-36(26)27-31-22-10-7-8-11-24(22)41-27;/h7-8,10-13,16H,6,9,14-15H2,1-5H3,(H,30,37)(H,38,39,40);/q;+1/p-1. The molecule has 0 bridgehead atoms. The summed E-state index contributed by atoms with van der Waals surface area (Å²) in [4.78, 5) is 18.6. The summed E-state index contributed by atoms with van der Waals surface area (Å²) in [5, 5.41) is 27.1. The van der Waals surface area contributed by atoms with Gasteiger partial charge in [0.1, 0.15) is 17.3 Å². The third kappa shape index (κ3) is 8.47. The summed E-state index contributed by atoms with van der Waals surface area (Å²) in [6.07, 6.45) is 0.166. The monoisotopic (exact) mass is 630 g/mol. The van der Waals surface area contributed by atoms with E-state index >= 15 is 0 Å². The van der Waals surface area contributed by atoms with Crippen molar-refractivity contribution in [3.05, 3.63) is 53.7 Å². The number of aromatic nitrogens is 3. The summed E-state index contributed by atoms with van der Waals surface area (Å²) >= 11 is 1.42. The minimum atomic E-state index is -4.31. The second kappa shape index (κ2) is 14.1. The van der Waals surface area contributed by atoms with Gasteiger partial charge in [-0.25, -0.2) is 13.4 Å². The number of carbonyl (C=O) groups excluding carboxylic acids is 1. The van der Waals surface area contributed by atoms with E-state index in [0.29, 0.717) is 41.0 Å². The van der Waals surface area contributed by atoms with Gasteiger partial charge in [0.2, 0.25) is 11.0 Å². The van der Waals surface area contributed by atoms with Crippen LogP contribution in [0.2, 0.25) is 0 Å². The molecule has 4 aromatic rings. The van der Waals surface area contributed by atoms with Gasteiger partial charge < -0.3 is 14.8 Å². The molecule has 0 aliphatic heterocycles. The van der Waals surface area contributed by atoms with E-state index < -0.39 is 21.3 Å². The van der Waals surface area contributed by atoms with E-state index in [1.807, 2.05) is 56.9 Å². The van der Waals surface area contributed by atoms with E-state index in [2.05, 4.69) is 21.6 Å². The Morgan fingerprint density at radius 2 is 1.93 bits per heavy atom. The Morgan fingerprint density at radius 1 is 1.21 bits per heavy atom. The Kier molecular flexibility index (Phi) is 11.2. The first-order chi connectivity index (χ1) is 19.8. The van der Waals surface area contributed by atoms with Crippen LogP contribution in [-0.4, -0.2) is 52.5 Å². The van der Waals surface area contributed by atoms with Crippen molar-refractivity contribution >= 4 is 60.5 Å². The van der Waals surface area contributed by atoms with E-state index in [-0.39, 0.29) is 53.3 Å². The van der Waals surface area contributed by atoms with Crippen LogP contribution in [0.4, 0.5) is 22.9 Å². The summed E-state index contributed by atoms with van der Waals surface area (Å²) in [6, 6.07) is 15.1. The van der Waals surface area contributed by atoms with Crippen molar-refractivity contribution < 1.29 is 47.3 Å². The van der Waals surface area contributed by atoms with Crippen molar-refractivity contribution in [3.8, 4) is 11.2 Å². The third-order valence-electron chi connectivity index (χ3n) is 6.26. The van der Waals surface area contributed by atoms with E-state index in [9.17, 15) is 23.0 Å². The molecule has 1 N–H and O–H groups in total. The van der Waals surface area contributed by atoms with E-state index in [1.54, 1.807) is 18.2 Å². The summed E-state index contributed by atoms with van der Waals surface area (Å²) in [5.41, 5.74) is 2.57. The van der Waals surface area contributed by atoms with E-state index in [0.717, 1.165) is 10.2 Å². The molecule has 2 aromatic heterocycles. The Hall–Kier alpha value is -3.19. The predicted molar refractivity (Wildman–Crippen MR) is 162 cm³/mol. The number of fused-ring (bicyclic) bond motifs is 1.